The Bertz CT molecular complexity index is 2820. The Morgan fingerprint density at radius 1 is 0.367 bits per heavy atom. The van der Waals surface area contributed by atoms with Gasteiger partial charge in [0.15, 0.2) is 23.1 Å². The fourth-order valence-corrected chi connectivity index (χ4v) is 7.11. The third kappa shape index (κ3) is 4.48. The number of aromatic nitrogens is 4. The molecule has 0 amide bonds. The quantitative estimate of drug-likeness (QED) is 0.182. The van der Waals surface area contributed by atoms with Gasteiger partial charge in [0.1, 0.15) is 5.58 Å². The lowest BCUT2D eigenvalue weighted by Crippen LogP contribution is -2.00. The monoisotopic (exact) mass is 626 g/mol. The zero-order valence-corrected chi connectivity index (χ0v) is 26.2. The van der Waals surface area contributed by atoms with Gasteiger partial charge < -0.3 is 4.42 Å². The number of hydrogen-bond acceptors (Lipinski definition) is 5. The third-order valence-corrected chi connectivity index (χ3v) is 9.38. The Morgan fingerprint density at radius 2 is 1.00 bits per heavy atom. The van der Waals surface area contributed by atoms with Crippen LogP contribution in [0.15, 0.2) is 162 Å². The lowest BCUT2D eigenvalue weighted by atomic mass is 9.90. The highest BCUT2D eigenvalue weighted by Crippen LogP contribution is 2.41. The van der Waals surface area contributed by atoms with E-state index in [1.165, 1.54) is 32.3 Å². The first kappa shape index (κ1) is 27.4. The highest BCUT2D eigenvalue weighted by molar-refractivity contribution is 6.23. The van der Waals surface area contributed by atoms with E-state index in [4.69, 9.17) is 19.4 Å². The van der Waals surface area contributed by atoms with Crippen LogP contribution < -0.4 is 0 Å². The standard InChI is InChI=1S/C44H26N4O/c1-3-12-28(13-4-1)42-46-43(29-14-5-2-6-15-29)48-44(47-42)37-25-45-26-39-41(37)35-22-21-30(24-38(35)49-39)36-23-31-20-19-27-11-7-8-16-32(27)40(31)34-18-10-9-17-33(34)36/h1-26H. The summed E-state index contributed by atoms with van der Waals surface area (Å²) in [5.74, 6) is 1.75. The van der Waals surface area contributed by atoms with Crippen molar-refractivity contribution in [1.29, 1.82) is 0 Å². The van der Waals surface area contributed by atoms with Crippen molar-refractivity contribution in [3.63, 3.8) is 0 Å². The van der Waals surface area contributed by atoms with Crippen molar-refractivity contribution in [3.8, 4) is 45.3 Å². The van der Waals surface area contributed by atoms with E-state index in [1.54, 1.807) is 6.20 Å². The van der Waals surface area contributed by atoms with Gasteiger partial charge in [-0.25, -0.2) is 15.0 Å². The van der Waals surface area contributed by atoms with Crippen LogP contribution in [-0.2, 0) is 0 Å². The Kier molecular flexibility index (Phi) is 6.11. The van der Waals surface area contributed by atoms with Crippen LogP contribution in [0, 0.1) is 0 Å². The van der Waals surface area contributed by atoms with Crippen LogP contribution >= 0.6 is 0 Å². The van der Waals surface area contributed by atoms with Gasteiger partial charge in [-0.2, -0.15) is 0 Å². The minimum Gasteiger partial charge on any atom is -0.454 e. The first-order chi connectivity index (χ1) is 24.3. The molecule has 0 spiro atoms. The van der Waals surface area contributed by atoms with E-state index in [-0.39, 0.29) is 0 Å². The average Bonchev–Trinajstić information content (AvgIpc) is 3.56. The molecule has 5 nitrogen and oxygen atoms in total. The molecule has 49 heavy (non-hydrogen) atoms. The number of furan rings is 1. The Balaban J connectivity index is 1.17. The molecule has 3 heterocycles. The lowest BCUT2D eigenvalue weighted by molar-refractivity contribution is 0.667. The summed E-state index contributed by atoms with van der Waals surface area (Å²) in [6, 6.07) is 50.5. The second kappa shape index (κ2) is 10.9. The van der Waals surface area contributed by atoms with Gasteiger partial charge in [-0.15, -0.1) is 0 Å². The zero-order valence-electron chi connectivity index (χ0n) is 26.2. The van der Waals surface area contributed by atoms with Crippen molar-refractivity contribution in [2.45, 2.75) is 0 Å². The van der Waals surface area contributed by atoms with Crippen molar-refractivity contribution < 1.29 is 4.42 Å². The molecular formula is C44H26N4O. The maximum Gasteiger partial charge on any atom is 0.166 e. The molecule has 7 aromatic carbocycles. The summed E-state index contributed by atoms with van der Waals surface area (Å²) in [6.07, 6.45) is 3.59. The summed E-state index contributed by atoms with van der Waals surface area (Å²) in [4.78, 5) is 19.4. The van der Waals surface area contributed by atoms with E-state index in [9.17, 15) is 0 Å². The molecule has 5 heteroatoms. The molecule has 0 aliphatic rings. The van der Waals surface area contributed by atoms with E-state index in [2.05, 4.69) is 89.9 Å². The van der Waals surface area contributed by atoms with E-state index in [1.807, 2.05) is 66.9 Å². The minimum atomic E-state index is 0.547. The van der Waals surface area contributed by atoms with Gasteiger partial charge in [-0.05, 0) is 61.6 Å². The molecule has 228 valence electrons. The van der Waals surface area contributed by atoms with Gasteiger partial charge in [0, 0.05) is 33.7 Å². The molecule has 3 aromatic heterocycles. The number of hydrogen-bond donors (Lipinski definition) is 0. The molecule has 0 radical (unpaired) electrons. The molecule has 10 aromatic rings. The van der Waals surface area contributed by atoms with Gasteiger partial charge in [0.25, 0.3) is 0 Å². The van der Waals surface area contributed by atoms with Crippen molar-refractivity contribution in [2.75, 3.05) is 0 Å². The molecule has 0 unspecified atom stereocenters. The van der Waals surface area contributed by atoms with Crippen LogP contribution in [0.1, 0.15) is 0 Å². The van der Waals surface area contributed by atoms with Crippen molar-refractivity contribution >= 4 is 54.3 Å². The Labute approximate surface area is 281 Å². The molecule has 0 fully saturated rings. The lowest BCUT2D eigenvalue weighted by Gasteiger charge is -2.13. The van der Waals surface area contributed by atoms with Crippen LogP contribution in [0.25, 0.3) is 99.5 Å². The van der Waals surface area contributed by atoms with Gasteiger partial charge in [0.05, 0.1) is 6.20 Å². The van der Waals surface area contributed by atoms with Crippen LogP contribution in [0.2, 0.25) is 0 Å². The van der Waals surface area contributed by atoms with Gasteiger partial charge in [-0.3, -0.25) is 4.98 Å². The molecule has 0 aliphatic carbocycles. The summed E-state index contributed by atoms with van der Waals surface area (Å²) in [6.45, 7) is 0. The molecular weight excluding hydrogens is 601 g/mol. The van der Waals surface area contributed by atoms with E-state index < -0.39 is 0 Å². The fraction of sp³-hybridized carbons (Fsp3) is 0. The summed E-state index contributed by atoms with van der Waals surface area (Å²) < 4.78 is 6.53. The first-order valence-electron chi connectivity index (χ1n) is 16.3. The average molecular weight is 627 g/mol. The second-order valence-electron chi connectivity index (χ2n) is 12.3. The fourth-order valence-electron chi connectivity index (χ4n) is 7.11. The van der Waals surface area contributed by atoms with Gasteiger partial charge >= 0.3 is 0 Å². The predicted octanol–water partition coefficient (Wildman–Crippen LogP) is 11.3. The number of rotatable bonds is 4. The number of pyridine rings is 1. The molecule has 0 atom stereocenters. The molecule has 0 aliphatic heterocycles. The molecule has 0 N–H and O–H groups in total. The van der Waals surface area contributed by atoms with Crippen molar-refractivity contribution in [3.05, 3.63) is 158 Å². The van der Waals surface area contributed by atoms with Gasteiger partial charge in [-0.1, -0.05) is 127 Å². The normalized spacial score (nSPS) is 11.7. The SMILES string of the molecule is c1ccc(-c2nc(-c3ccccc3)nc(-c3cncc4oc5cc(-c6cc7ccc8ccccc8c7c7ccccc67)ccc5c34)n2)cc1. The summed E-state index contributed by atoms with van der Waals surface area (Å²) in [5, 5.41) is 9.34. The molecule has 0 saturated carbocycles. The van der Waals surface area contributed by atoms with Crippen LogP contribution in [0.5, 0.6) is 0 Å². The number of benzene rings is 7. The number of nitrogens with zero attached hydrogens (tertiary/aromatic N) is 4. The summed E-state index contributed by atoms with van der Waals surface area (Å²) in [5.41, 5.74) is 6.35. The zero-order chi connectivity index (χ0) is 32.3. The van der Waals surface area contributed by atoms with Crippen LogP contribution in [0.4, 0.5) is 0 Å². The Hall–Kier alpha value is -6.72. The smallest absolute Gasteiger partial charge is 0.166 e. The van der Waals surface area contributed by atoms with E-state index in [0.29, 0.717) is 23.1 Å². The van der Waals surface area contributed by atoms with Crippen molar-refractivity contribution in [2.24, 2.45) is 0 Å². The highest BCUT2D eigenvalue weighted by Gasteiger charge is 2.19. The largest absolute Gasteiger partial charge is 0.454 e. The van der Waals surface area contributed by atoms with Crippen LogP contribution in [0.3, 0.4) is 0 Å². The molecule has 0 bridgehead atoms. The Morgan fingerprint density at radius 3 is 1.76 bits per heavy atom. The topological polar surface area (TPSA) is 64.7 Å². The molecule has 10 rings (SSSR count). The minimum absolute atomic E-state index is 0.547. The third-order valence-electron chi connectivity index (χ3n) is 9.38. The summed E-state index contributed by atoms with van der Waals surface area (Å²) in [7, 11) is 0. The van der Waals surface area contributed by atoms with E-state index >= 15 is 0 Å². The van der Waals surface area contributed by atoms with Crippen molar-refractivity contribution in [1.82, 2.24) is 19.9 Å². The second-order valence-corrected chi connectivity index (χ2v) is 12.3. The highest BCUT2D eigenvalue weighted by atomic mass is 16.3. The van der Waals surface area contributed by atoms with E-state index in [0.717, 1.165) is 44.2 Å². The maximum absolute atomic E-state index is 6.53. The van der Waals surface area contributed by atoms with Gasteiger partial charge in [0.2, 0.25) is 0 Å². The summed E-state index contributed by atoms with van der Waals surface area (Å²) >= 11 is 0. The molecule has 0 saturated heterocycles. The maximum atomic E-state index is 6.53. The van der Waals surface area contributed by atoms with Crippen LogP contribution in [-0.4, -0.2) is 19.9 Å². The number of fused-ring (bicyclic) bond motifs is 8. The first-order valence-corrected chi connectivity index (χ1v) is 16.3. The predicted molar refractivity (Wildman–Crippen MR) is 199 cm³/mol.